The molecular weight excluding hydrogens is 244 g/mol. The maximum Gasteiger partial charge on any atom is 0.276 e. The van der Waals surface area contributed by atoms with Crippen molar-refractivity contribution in [2.45, 2.75) is 38.0 Å². The summed E-state index contributed by atoms with van der Waals surface area (Å²) < 4.78 is 28.2. The first-order valence-electron chi connectivity index (χ1n) is 7.34. The van der Waals surface area contributed by atoms with Gasteiger partial charge in [-0.25, -0.2) is 8.78 Å². The molecule has 0 unspecified atom stereocenters. The number of hydrogen-bond donors (Lipinski definition) is 1. The van der Waals surface area contributed by atoms with Gasteiger partial charge in [0, 0.05) is 11.5 Å². The van der Waals surface area contributed by atoms with Gasteiger partial charge in [-0.1, -0.05) is 18.2 Å². The van der Waals surface area contributed by atoms with Gasteiger partial charge in [0.05, 0.1) is 0 Å². The lowest BCUT2D eigenvalue weighted by Crippen LogP contribution is -2.28. The highest BCUT2D eigenvalue weighted by molar-refractivity contribution is 5.28. The van der Waals surface area contributed by atoms with E-state index in [1.165, 1.54) is 0 Å². The summed E-state index contributed by atoms with van der Waals surface area (Å²) in [5.74, 6) is -2.39. The molecule has 19 heavy (non-hydrogen) atoms. The summed E-state index contributed by atoms with van der Waals surface area (Å²) in [7, 11) is 0. The van der Waals surface area contributed by atoms with E-state index in [1.807, 2.05) is 6.07 Å². The minimum Gasteiger partial charge on any atom is -0.317 e. The lowest BCUT2D eigenvalue weighted by Gasteiger charge is -2.23. The van der Waals surface area contributed by atoms with Crippen LogP contribution in [0, 0.1) is 11.8 Å². The molecule has 1 nitrogen and oxygen atoms in total. The van der Waals surface area contributed by atoms with Crippen LogP contribution in [0.2, 0.25) is 0 Å². The van der Waals surface area contributed by atoms with Crippen molar-refractivity contribution < 1.29 is 8.78 Å². The molecule has 1 heterocycles. The largest absolute Gasteiger partial charge is 0.317 e. The molecule has 0 amide bonds. The summed E-state index contributed by atoms with van der Waals surface area (Å²) in [5.41, 5.74) is 1.30. The first-order chi connectivity index (χ1) is 9.16. The standard InChI is InChI=1S/C16H21F2N/c17-16(18,14-4-5-14)15-3-1-2-13(11-15)10-12-6-8-19-9-7-12/h1-3,11-12,14,19H,4-10H2. The van der Waals surface area contributed by atoms with Crippen LogP contribution in [0.3, 0.4) is 0 Å². The summed E-state index contributed by atoms with van der Waals surface area (Å²) in [6.07, 6.45) is 4.60. The van der Waals surface area contributed by atoms with E-state index in [2.05, 4.69) is 5.32 Å². The van der Waals surface area contributed by atoms with Crippen LogP contribution in [-0.2, 0) is 12.3 Å². The average Bonchev–Trinajstić information content (AvgIpc) is 3.25. The third kappa shape index (κ3) is 2.97. The number of rotatable bonds is 4. The number of nitrogens with one attached hydrogen (secondary N) is 1. The molecule has 2 fully saturated rings. The summed E-state index contributed by atoms with van der Waals surface area (Å²) in [4.78, 5) is 0. The average molecular weight is 265 g/mol. The molecule has 1 N–H and O–H groups in total. The Hall–Kier alpha value is -0.960. The van der Waals surface area contributed by atoms with Gasteiger partial charge in [-0.2, -0.15) is 0 Å². The number of alkyl halides is 2. The molecule has 1 aliphatic heterocycles. The van der Waals surface area contributed by atoms with Gasteiger partial charge < -0.3 is 5.32 Å². The highest BCUT2D eigenvalue weighted by atomic mass is 19.3. The Morgan fingerprint density at radius 3 is 2.53 bits per heavy atom. The zero-order chi connectivity index (χ0) is 13.3. The second-order valence-electron chi connectivity index (χ2n) is 6.00. The van der Waals surface area contributed by atoms with E-state index < -0.39 is 11.8 Å². The van der Waals surface area contributed by atoms with E-state index in [0.717, 1.165) is 37.9 Å². The Morgan fingerprint density at radius 2 is 1.84 bits per heavy atom. The minimum absolute atomic E-state index is 0.224. The van der Waals surface area contributed by atoms with Gasteiger partial charge in [0.25, 0.3) is 5.92 Å². The van der Waals surface area contributed by atoms with Crippen molar-refractivity contribution in [1.29, 1.82) is 0 Å². The fraction of sp³-hybridized carbons (Fsp3) is 0.625. The molecule has 0 radical (unpaired) electrons. The molecule has 1 aromatic carbocycles. The van der Waals surface area contributed by atoms with Gasteiger partial charge in [-0.05, 0) is 62.7 Å². The first-order valence-corrected chi connectivity index (χ1v) is 7.34. The van der Waals surface area contributed by atoms with Gasteiger partial charge in [-0.3, -0.25) is 0 Å². The van der Waals surface area contributed by atoms with E-state index in [1.54, 1.807) is 18.2 Å². The Bertz CT molecular complexity index is 434. The van der Waals surface area contributed by atoms with Crippen molar-refractivity contribution in [2.24, 2.45) is 11.8 Å². The topological polar surface area (TPSA) is 12.0 Å². The first kappa shape index (κ1) is 13.0. The van der Waals surface area contributed by atoms with Crippen molar-refractivity contribution >= 4 is 0 Å². The summed E-state index contributed by atoms with van der Waals surface area (Å²) in [6, 6.07) is 7.11. The smallest absolute Gasteiger partial charge is 0.276 e. The Morgan fingerprint density at radius 1 is 1.11 bits per heavy atom. The summed E-state index contributed by atoms with van der Waals surface area (Å²) in [6.45, 7) is 2.12. The summed E-state index contributed by atoms with van der Waals surface area (Å²) >= 11 is 0. The molecule has 104 valence electrons. The minimum atomic E-state index is -2.62. The molecule has 0 atom stereocenters. The molecule has 0 bridgehead atoms. The van der Waals surface area contributed by atoms with Gasteiger partial charge in [-0.15, -0.1) is 0 Å². The fourth-order valence-corrected chi connectivity index (χ4v) is 3.01. The molecule has 1 saturated heterocycles. The molecule has 1 aromatic rings. The Balaban J connectivity index is 1.72. The molecular formula is C16H21F2N. The molecule has 1 saturated carbocycles. The normalized spacial score (nSPS) is 21.6. The van der Waals surface area contributed by atoms with Crippen LogP contribution in [0.15, 0.2) is 24.3 Å². The second kappa shape index (κ2) is 5.20. The summed E-state index contributed by atoms with van der Waals surface area (Å²) in [5, 5.41) is 3.34. The Labute approximate surface area is 113 Å². The number of piperidine rings is 1. The monoisotopic (exact) mass is 265 g/mol. The van der Waals surface area contributed by atoms with E-state index in [0.29, 0.717) is 18.8 Å². The van der Waals surface area contributed by atoms with E-state index >= 15 is 0 Å². The van der Waals surface area contributed by atoms with E-state index in [9.17, 15) is 8.78 Å². The van der Waals surface area contributed by atoms with Crippen molar-refractivity contribution in [3.8, 4) is 0 Å². The molecule has 3 heteroatoms. The van der Waals surface area contributed by atoms with Crippen LogP contribution in [0.1, 0.15) is 36.8 Å². The van der Waals surface area contributed by atoms with Gasteiger partial charge in [0.2, 0.25) is 0 Å². The zero-order valence-corrected chi connectivity index (χ0v) is 11.2. The number of hydrogen-bond acceptors (Lipinski definition) is 1. The van der Waals surface area contributed by atoms with Crippen molar-refractivity contribution in [3.05, 3.63) is 35.4 Å². The molecule has 1 aliphatic carbocycles. The van der Waals surface area contributed by atoms with Gasteiger partial charge >= 0.3 is 0 Å². The van der Waals surface area contributed by atoms with Crippen LogP contribution in [-0.4, -0.2) is 13.1 Å². The highest BCUT2D eigenvalue weighted by Crippen LogP contribution is 2.49. The van der Waals surface area contributed by atoms with Gasteiger partial charge in [0.1, 0.15) is 0 Å². The molecule has 2 aliphatic rings. The lowest BCUT2D eigenvalue weighted by molar-refractivity contribution is -0.0286. The van der Waals surface area contributed by atoms with Crippen LogP contribution in [0.4, 0.5) is 8.78 Å². The van der Waals surface area contributed by atoms with Crippen LogP contribution < -0.4 is 5.32 Å². The predicted molar refractivity (Wildman–Crippen MR) is 72.4 cm³/mol. The third-order valence-corrected chi connectivity index (χ3v) is 4.39. The second-order valence-corrected chi connectivity index (χ2v) is 6.00. The maximum absolute atomic E-state index is 14.1. The lowest BCUT2D eigenvalue weighted by atomic mass is 9.89. The highest BCUT2D eigenvalue weighted by Gasteiger charge is 2.47. The van der Waals surface area contributed by atoms with Crippen molar-refractivity contribution in [1.82, 2.24) is 5.32 Å². The molecule has 0 aromatic heterocycles. The van der Waals surface area contributed by atoms with Crippen LogP contribution >= 0.6 is 0 Å². The van der Waals surface area contributed by atoms with Gasteiger partial charge in [0.15, 0.2) is 0 Å². The molecule has 0 spiro atoms. The Kier molecular flexibility index (Phi) is 3.57. The number of halogens is 2. The third-order valence-electron chi connectivity index (χ3n) is 4.39. The van der Waals surface area contributed by atoms with E-state index in [-0.39, 0.29) is 5.56 Å². The maximum atomic E-state index is 14.1. The SMILES string of the molecule is FC(F)(c1cccc(CC2CCNCC2)c1)C1CC1. The molecule has 3 rings (SSSR count). The van der Waals surface area contributed by atoms with Crippen molar-refractivity contribution in [2.75, 3.05) is 13.1 Å². The van der Waals surface area contributed by atoms with Crippen LogP contribution in [0.25, 0.3) is 0 Å². The van der Waals surface area contributed by atoms with Crippen LogP contribution in [0.5, 0.6) is 0 Å². The quantitative estimate of drug-likeness (QED) is 0.874. The van der Waals surface area contributed by atoms with E-state index in [4.69, 9.17) is 0 Å². The van der Waals surface area contributed by atoms with Crippen molar-refractivity contribution in [3.63, 3.8) is 0 Å². The number of benzene rings is 1. The fourth-order valence-electron chi connectivity index (χ4n) is 3.01. The predicted octanol–water partition coefficient (Wildman–Crippen LogP) is 3.73. The zero-order valence-electron chi connectivity index (χ0n) is 11.2.